The summed E-state index contributed by atoms with van der Waals surface area (Å²) in [5.74, 6) is 0.228. The number of halogens is 1. The summed E-state index contributed by atoms with van der Waals surface area (Å²) < 4.78 is 5.85. The molecule has 3 aromatic carbocycles. The lowest BCUT2D eigenvalue weighted by molar-refractivity contribution is 0.106. The van der Waals surface area contributed by atoms with Crippen molar-refractivity contribution in [1.82, 2.24) is 0 Å². The molecule has 0 N–H and O–H groups in total. The topological polar surface area (TPSA) is 38.7 Å². The largest absolute Gasteiger partial charge is 0.491 e. The van der Waals surface area contributed by atoms with Crippen molar-refractivity contribution in [2.24, 2.45) is 4.99 Å². The molecule has 4 heteroatoms. The van der Waals surface area contributed by atoms with Crippen molar-refractivity contribution >= 4 is 34.9 Å². The fourth-order valence-corrected chi connectivity index (χ4v) is 2.86. The molecule has 3 aromatic rings. The summed E-state index contributed by atoms with van der Waals surface area (Å²) in [6.07, 6.45) is 1.81. The third-order valence-electron chi connectivity index (χ3n) is 4.23. The van der Waals surface area contributed by atoms with Crippen molar-refractivity contribution in [2.45, 2.75) is 13.8 Å². The number of aliphatic imine (C=N–C) groups is 1. The highest BCUT2D eigenvalue weighted by molar-refractivity contribution is 6.52. The van der Waals surface area contributed by atoms with Gasteiger partial charge in [-0.05, 0) is 49.8 Å². The van der Waals surface area contributed by atoms with E-state index in [-0.39, 0.29) is 11.5 Å². The number of hydrogen-bond donors (Lipinski definition) is 0. The molecule has 0 bridgehead atoms. The van der Waals surface area contributed by atoms with Crippen LogP contribution in [0, 0.1) is 6.92 Å². The monoisotopic (exact) mass is 403 g/mol. The number of carbonyl (C=O) groups is 1. The number of nitrogens with zero attached hydrogens (tertiary/aromatic N) is 1. The van der Waals surface area contributed by atoms with Gasteiger partial charge in [-0.3, -0.25) is 4.79 Å². The second kappa shape index (κ2) is 9.85. The SMILES string of the molecule is CCO/C(=C\c1ccc(Cl)cc1)C(=Nc1ccccc1)C(=O)c1ccc(C)cc1. The molecule has 0 fully saturated rings. The summed E-state index contributed by atoms with van der Waals surface area (Å²) in [5, 5.41) is 0.647. The van der Waals surface area contributed by atoms with E-state index in [2.05, 4.69) is 4.99 Å². The van der Waals surface area contributed by atoms with Crippen LogP contribution in [0.15, 0.2) is 89.6 Å². The Morgan fingerprint density at radius 3 is 2.24 bits per heavy atom. The van der Waals surface area contributed by atoms with Crippen LogP contribution in [-0.2, 0) is 4.74 Å². The average molecular weight is 404 g/mol. The molecule has 146 valence electrons. The van der Waals surface area contributed by atoms with Gasteiger partial charge in [0.2, 0.25) is 5.78 Å². The van der Waals surface area contributed by atoms with E-state index in [1.807, 2.05) is 86.7 Å². The van der Waals surface area contributed by atoms with E-state index in [9.17, 15) is 4.79 Å². The minimum Gasteiger partial charge on any atom is -0.491 e. The minimum atomic E-state index is -0.192. The Hall–Kier alpha value is -3.17. The van der Waals surface area contributed by atoms with Gasteiger partial charge in [0, 0.05) is 10.6 Å². The van der Waals surface area contributed by atoms with Crippen LogP contribution >= 0.6 is 11.6 Å². The first-order valence-electron chi connectivity index (χ1n) is 9.42. The van der Waals surface area contributed by atoms with Crippen molar-refractivity contribution in [3.05, 3.63) is 106 Å². The fraction of sp³-hybridized carbons (Fsp3) is 0.120. The zero-order valence-electron chi connectivity index (χ0n) is 16.4. The third kappa shape index (κ3) is 5.66. The lowest BCUT2D eigenvalue weighted by atomic mass is 10.0. The summed E-state index contributed by atoms with van der Waals surface area (Å²) in [5.41, 5.74) is 3.47. The molecule has 0 aliphatic carbocycles. The Bertz CT molecular complexity index is 1020. The van der Waals surface area contributed by atoms with E-state index >= 15 is 0 Å². The molecule has 0 atom stereocenters. The van der Waals surface area contributed by atoms with E-state index < -0.39 is 0 Å². The first-order valence-corrected chi connectivity index (χ1v) is 9.80. The van der Waals surface area contributed by atoms with Crippen LogP contribution in [0.1, 0.15) is 28.4 Å². The van der Waals surface area contributed by atoms with Gasteiger partial charge >= 0.3 is 0 Å². The molecule has 0 saturated carbocycles. The predicted octanol–water partition coefficient (Wildman–Crippen LogP) is 6.68. The Morgan fingerprint density at radius 2 is 1.62 bits per heavy atom. The molecule has 29 heavy (non-hydrogen) atoms. The standard InChI is InChI=1S/C25H22ClNO2/c1-3-29-23(17-19-11-15-21(26)16-12-19)24(27-22-7-5-4-6-8-22)25(28)20-13-9-18(2)10-14-20/h4-17H,3H2,1-2H3/b23-17-,27-24?. The molecule has 0 aliphatic rings. The van der Waals surface area contributed by atoms with Crippen LogP contribution < -0.4 is 0 Å². The van der Waals surface area contributed by atoms with Gasteiger partial charge in [0.05, 0.1) is 12.3 Å². The van der Waals surface area contributed by atoms with E-state index in [4.69, 9.17) is 16.3 Å². The molecule has 0 amide bonds. The first kappa shape index (κ1) is 20.6. The zero-order valence-corrected chi connectivity index (χ0v) is 17.2. The normalized spacial score (nSPS) is 12.0. The van der Waals surface area contributed by atoms with E-state index in [0.29, 0.717) is 28.6 Å². The molecule has 0 aromatic heterocycles. The Balaban J connectivity index is 2.10. The highest BCUT2D eigenvalue weighted by Gasteiger charge is 2.20. The first-order chi connectivity index (χ1) is 14.1. The Labute approximate surface area is 176 Å². The fourth-order valence-electron chi connectivity index (χ4n) is 2.74. The molecule has 0 radical (unpaired) electrons. The number of ketones is 1. The highest BCUT2D eigenvalue weighted by atomic mass is 35.5. The van der Waals surface area contributed by atoms with Crippen molar-refractivity contribution in [3.63, 3.8) is 0 Å². The van der Waals surface area contributed by atoms with E-state index in [1.165, 1.54) is 0 Å². The number of rotatable bonds is 7. The number of para-hydroxylation sites is 1. The van der Waals surface area contributed by atoms with Crippen LogP contribution in [0.5, 0.6) is 0 Å². The predicted molar refractivity (Wildman–Crippen MR) is 120 cm³/mol. The molecular weight excluding hydrogens is 382 g/mol. The lowest BCUT2D eigenvalue weighted by Crippen LogP contribution is -2.19. The maximum absolute atomic E-state index is 13.3. The lowest BCUT2D eigenvalue weighted by Gasteiger charge is -2.12. The molecule has 0 aliphatic heterocycles. The van der Waals surface area contributed by atoms with Gasteiger partial charge in [0.25, 0.3) is 0 Å². The Kier molecular flexibility index (Phi) is 6.99. The van der Waals surface area contributed by atoms with Crippen molar-refractivity contribution < 1.29 is 9.53 Å². The smallest absolute Gasteiger partial charge is 0.215 e. The molecule has 0 unspecified atom stereocenters. The molecule has 0 spiro atoms. The number of allylic oxidation sites excluding steroid dienone is 1. The van der Waals surface area contributed by atoms with Crippen LogP contribution in [-0.4, -0.2) is 18.1 Å². The third-order valence-corrected chi connectivity index (χ3v) is 4.48. The maximum atomic E-state index is 13.3. The van der Waals surface area contributed by atoms with Gasteiger partial charge in [-0.25, -0.2) is 4.99 Å². The van der Waals surface area contributed by atoms with Crippen LogP contribution in [0.3, 0.4) is 0 Å². The molecule has 0 heterocycles. The van der Waals surface area contributed by atoms with Gasteiger partial charge < -0.3 is 4.74 Å². The van der Waals surface area contributed by atoms with Crippen LogP contribution in [0.2, 0.25) is 5.02 Å². The number of Topliss-reactive ketones (excluding diaryl/α,β-unsaturated/α-hetero) is 1. The van der Waals surface area contributed by atoms with Crippen molar-refractivity contribution in [1.29, 1.82) is 0 Å². The minimum absolute atomic E-state index is 0.192. The van der Waals surface area contributed by atoms with E-state index in [1.54, 1.807) is 12.1 Å². The molecule has 0 saturated heterocycles. The molecule has 3 nitrogen and oxygen atoms in total. The average Bonchev–Trinajstić information content (AvgIpc) is 2.74. The summed E-state index contributed by atoms with van der Waals surface area (Å²) in [4.78, 5) is 18.0. The highest BCUT2D eigenvalue weighted by Crippen LogP contribution is 2.20. The van der Waals surface area contributed by atoms with Gasteiger partial charge in [-0.2, -0.15) is 0 Å². The number of hydrogen-bond acceptors (Lipinski definition) is 3. The summed E-state index contributed by atoms with van der Waals surface area (Å²) >= 11 is 5.99. The molecule has 3 rings (SSSR count). The number of benzene rings is 3. The van der Waals surface area contributed by atoms with Crippen LogP contribution in [0.4, 0.5) is 5.69 Å². The van der Waals surface area contributed by atoms with E-state index in [0.717, 1.165) is 11.1 Å². The van der Waals surface area contributed by atoms with Crippen LogP contribution in [0.25, 0.3) is 6.08 Å². The van der Waals surface area contributed by atoms with Crippen molar-refractivity contribution in [2.75, 3.05) is 6.61 Å². The number of aryl methyl sites for hydroxylation is 1. The Morgan fingerprint density at radius 1 is 0.966 bits per heavy atom. The quantitative estimate of drug-likeness (QED) is 0.250. The summed E-state index contributed by atoms with van der Waals surface area (Å²) in [6, 6.07) is 24.2. The summed E-state index contributed by atoms with van der Waals surface area (Å²) in [7, 11) is 0. The van der Waals surface area contributed by atoms with Gasteiger partial charge in [-0.1, -0.05) is 71.8 Å². The van der Waals surface area contributed by atoms with Gasteiger partial charge in [0.15, 0.2) is 5.71 Å². The molecular formula is C25H22ClNO2. The van der Waals surface area contributed by atoms with Gasteiger partial charge in [0.1, 0.15) is 5.76 Å². The second-order valence-electron chi connectivity index (χ2n) is 6.48. The maximum Gasteiger partial charge on any atom is 0.215 e. The summed E-state index contributed by atoms with van der Waals surface area (Å²) in [6.45, 7) is 4.28. The number of ether oxygens (including phenoxy) is 1. The second-order valence-corrected chi connectivity index (χ2v) is 6.92. The van der Waals surface area contributed by atoms with Gasteiger partial charge in [-0.15, -0.1) is 0 Å². The zero-order chi connectivity index (χ0) is 20.6. The number of carbonyl (C=O) groups excluding carboxylic acids is 1. The van der Waals surface area contributed by atoms with Crippen molar-refractivity contribution in [3.8, 4) is 0 Å².